The van der Waals surface area contributed by atoms with Crippen LogP contribution in [0.2, 0.25) is 0 Å². The van der Waals surface area contributed by atoms with E-state index in [4.69, 9.17) is 21.7 Å². The minimum Gasteiger partial charge on any atom is -0.493 e. The highest BCUT2D eigenvalue weighted by Crippen LogP contribution is 2.36. The number of unbranched alkanes of at least 4 members (excludes halogenated alkanes) is 2. The summed E-state index contributed by atoms with van der Waals surface area (Å²) >= 11 is 5.50. The topological polar surface area (TPSA) is 50.8 Å². The van der Waals surface area contributed by atoms with Gasteiger partial charge in [-0.25, -0.2) is 0 Å². The summed E-state index contributed by atoms with van der Waals surface area (Å²) in [5, 5.41) is 3.94. The van der Waals surface area contributed by atoms with E-state index < -0.39 is 0 Å². The summed E-state index contributed by atoms with van der Waals surface area (Å²) in [6.45, 7) is 9.11. The van der Waals surface area contributed by atoms with Crippen molar-refractivity contribution in [1.82, 2.24) is 10.2 Å². The zero-order valence-corrected chi connectivity index (χ0v) is 17.7. The van der Waals surface area contributed by atoms with Gasteiger partial charge >= 0.3 is 0 Å². The Hall–Kier alpha value is -2.08. The first kappa shape index (κ1) is 21.2. The molecule has 1 atom stereocenters. The summed E-state index contributed by atoms with van der Waals surface area (Å²) in [5.74, 6) is 1.41. The first-order chi connectivity index (χ1) is 12.9. The van der Waals surface area contributed by atoms with Gasteiger partial charge in [-0.2, -0.15) is 0 Å². The molecule has 0 saturated heterocycles. The molecular formula is C21H30N2O3S. The molecule has 0 saturated carbocycles. The SMILES string of the molecule is CCCCCOc1ccc(C2NC(=S)N(CC)C(C)=C2C(C)=O)cc1OC. The summed E-state index contributed by atoms with van der Waals surface area (Å²) in [6.07, 6.45) is 3.31. The number of ketones is 1. The van der Waals surface area contributed by atoms with Crippen molar-refractivity contribution in [2.45, 2.75) is 53.0 Å². The molecule has 0 aliphatic carbocycles. The van der Waals surface area contributed by atoms with Gasteiger partial charge in [0.1, 0.15) is 0 Å². The van der Waals surface area contributed by atoms with Gasteiger partial charge in [-0.1, -0.05) is 25.8 Å². The predicted octanol–water partition coefficient (Wildman–Crippen LogP) is 4.38. The van der Waals surface area contributed by atoms with E-state index in [9.17, 15) is 4.79 Å². The number of thiocarbonyl (C=S) groups is 1. The van der Waals surface area contributed by atoms with E-state index in [0.717, 1.165) is 48.4 Å². The monoisotopic (exact) mass is 390 g/mol. The summed E-state index contributed by atoms with van der Waals surface area (Å²) in [5.41, 5.74) is 2.55. The summed E-state index contributed by atoms with van der Waals surface area (Å²) in [6, 6.07) is 5.51. The van der Waals surface area contributed by atoms with Crippen LogP contribution in [-0.4, -0.2) is 36.1 Å². The molecule has 1 aliphatic heterocycles. The Balaban J connectivity index is 2.34. The second kappa shape index (κ2) is 9.74. The van der Waals surface area contributed by atoms with Crippen molar-refractivity contribution in [3.05, 3.63) is 35.0 Å². The van der Waals surface area contributed by atoms with E-state index in [-0.39, 0.29) is 11.8 Å². The average Bonchev–Trinajstić information content (AvgIpc) is 2.64. The lowest BCUT2D eigenvalue weighted by Gasteiger charge is -2.37. The molecule has 0 spiro atoms. The fourth-order valence-corrected chi connectivity index (χ4v) is 3.77. The van der Waals surface area contributed by atoms with Crippen molar-refractivity contribution in [3.63, 3.8) is 0 Å². The minimum absolute atomic E-state index is 0.0322. The highest BCUT2D eigenvalue weighted by molar-refractivity contribution is 7.80. The van der Waals surface area contributed by atoms with Crippen LogP contribution in [0.25, 0.3) is 0 Å². The van der Waals surface area contributed by atoms with Crippen LogP contribution in [0.3, 0.4) is 0 Å². The molecule has 0 amide bonds. The molecule has 6 heteroatoms. The van der Waals surface area contributed by atoms with Gasteiger partial charge in [0.05, 0.1) is 19.8 Å². The molecule has 148 valence electrons. The molecule has 5 nitrogen and oxygen atoms in total. The predicted molar refractivity (Wildman–Crippen MR) is 112 cm³/mol. The van der Waals surface area contributed by atoms with E-state index in [1.54, 1.807) is 14.0 Å². The third-order valence-electron chi connectivity index (χ3n) is 4.82. The van der Waals surface area contributed by atoms with Crippen LogP contribution in [0.4, 0.5) is 0 Å². The Kier molecular flexibility index (Phi) is 7.66. The molecule has 1 aromatic rings. The maximum Gasteiger partial charge on any atom is 0.173 e. The van der Waals surface area contributed by atoms with Crippen LogP contribution >= 0.6 is 12.2 Å². The molecule has 1 aromatic carbocycles. The zero-order chi connectivity index (χ0) is 20.0. The van der Waals surface area contributed by atoms with Gasteiger partial charge in [0, 0.05) is 17.8 Å². The number of nitrogens with zero attached hydrogens (tertiary/aromatic N) is 1. The van der Waals surface area contributed by atoms with Crippen molar-refractivity contribution in [1.29, 1.82) is 0 Å². The number of nitrogens with one attached hydrogen (secondary N) is 1. The van der Waals surface area contributed by atoms with Crippen LogP contribution in [-0.2, 0) is 4.79 Å². The number of hydrogen-bond acceptors (Lipinski definition) is 4. The Morgan fingerprint density at radius 3 is 2.59 bits per heavy atom. The number of allylic oxidation sites excluding steroid dienone is 1. The van der Waals surface area contributed by atoms with Crippen LogP contribution < -0.4 is 14.8 Å². The van der Waals surface area contributed by atoms with E-state index in [0.29, 0.717) is 17.5 Å². The second-order valence-electron chi connectivity index (χ2n) is 6.65. The van der Waals surface area contributed by atoms with Gasteiger partial charge in [0.15, 0.2) is 22.4 Å². The second-order valence-corrected chi connectivity index (χ2v) is 7.03. The lowest BCUT2D eigenvalue weighted by atomic mass is 9.92. The quantitative estimate of drug-likeness (QED) is 0.499. The standard InChI is InChI=1S/C21H30N2O3S/c1-6-8-9-12-26-17-11-10-16(13-18(17)25-5)20-19(15(4)24)14(3)23(7-2)21(27)22-20/h10-11,13,20H,6-9,12H2,1-5H3,(H,22,27). The van der Waals surface area contributed by atoms with E-state index >= 15 is 0 Å². The Morgan fingerprint density at radius 1 is 1.26 bits per heavy atom. The number of ether oxygens (including phenoxy) is 2. The van der Waals surface area contributed by atoms with Crippen molar-refractivity contribution in [3.8, 4) is 11.5 Å². The average molecular weight is 391 g/mol. The first-order valence-electron chi connectivity index (χ1n) is 9.55. The fraction of sp³-hybridized carbons (Fsp3) is 0.524. The maximum atomic E-state index is 12.4. The van der Waals surface area contributed by atoms with Crippen LogP contribution in [0.1, 0.15) is 58.6 Å². The molecular weight excluding hydrogens is 360 g/mol. The number of carbonyl (C=O) groups excluding carboxylic acids is 1. The Labute approximate surface area is 167 Å². The van der Waals surface area contributed by atoms with Gasteiger partial charge in [0.2, 0.25) is 0 Å². The molecule has 1 aliphatic rings. The molecule has 0 radical (unpaired) electrons. The highest BCUT2D eigenvalue weighted by Gasteiger charge is 2.32. The molecule has 27 heavy (non-hydrogen) atoms. The lowest BCUT2D eigenvalue weighted by Crippen LogP contribution is -2.47. The van der Waals surface area contributed by atoms with E-state index in [1.165, 1.54) is 0 Å². The van der Waals surface area contributed by atoms with Crippen LogP contribution in [0, 0.1) is 0 Å². The molecule has 1 heterocycles. The van der Waals surface area contributed by atoms with Crippen molar-refractivity contribution < 1.29 is 14.3 Å². The smallest absolute Gasteiger partial charge is 0.173 e. The van der Waals surface area contributed by atoms with Crippen molar-refractivity contribution in [2.75, 3.05) is 20.3 Å². The number of methoxy groups -OCH3 is 1. The molecule has 1 unspecified atom stereocenters. The van der Waals surface area contributed by atoms with Crippen LogP contribution in [0.15, 0.2) is 29.5 Å². The first-order valence-corrected chi connectivity index (χ1v) is 9.95. The fourth-order valence-electron chi connectivity index (χ4n) is 3.39. The normalized spacial score (nSPS) is 17.0. The third kappa shape index (κ3) is 4.80. The minimum atomic E-state index is -0.291. The van der Waals surface area contributed by atoms with Gasteiger partial charge in [-0.3, -0.25) is 4.79 Å². The Bertz CT molecular complexity index is 730. The number of benzene rings is 1. The number of hydrogen-bond donors (Lipinski definition) is 1. The van der Waals surface area contributed by atoms with Gasteiger partial charge in [-0.05, 0) is 57.1 Å². The highest BCUT2D eigenvalue weighted by atomic mass is 32.1. The van der Waals surface area contributed by atoms with E-state index in [2.05, 4.69) is 12.2 Å². The van der Waals surface area contributed by atoms with E-state index in [1.807, 2.05) is 36.9 Å². The van der Waals surface area contributed by atoms with Gasteiger partial charge < -0.3 is 19.7 Å². The maximum absolute atomic E-state index is 12.4. The lowest BCUT2D eigenvalue weighted by molar-refractivity contribution is -0.114. The third-order valence-corrected chi connectivity index (χ3v) is 5.16. The molecule has 0 bridgehead atoms. The summed E-state index contributed by atoms with van der Waals surface area (Å²) in [4.78, 5) is 14.3. The van der Waals surface area contributed by atoms with Crippen molar-refractivity contribution >= 4 is 23.1 Å². The zero-order valence-electron chi connectivity index (χ0n) is 16.9. The summed E-state index contributed by atoms with van der Waals surface area (Å²) in [7, 11) is 1.63. The van der Waals surface area contributed by atoms with Gasteiger partial charge in [-0.15, -0.1) is 0 Å². The molecule has 2 rings (SSSR count). The summed E-state index contributed by atoms with van der Waals surface area (Å²) < 4.78 is 11.4. The number of carbonyl (C=O) groups is 1. The number of rotatable bonds is 9. The largest absolute Gasteiger partial charge is 0.493 e. The molecule has 1 N–H and O–H groups in total. The molecule has 0 aromatic heterocycles. The Morgan fingerprint density at radius 2 is 2.00 bits per heavy atom. The number of Topliss-reactive ketones (excluding diaryl/α,β-unsaturated/α-hetero) is 1. The van der Waals surface area contributed by atoms with Crippen molar-refractivity contribution in [2.24, 2.45) is 0 Å². The van der Waals surface area contributed by atoms with Gasteiger partial charge in [0.25, 0.3) is 0 Å². The van der Waals surface area contributed by atoms with Crippen LogP contribution in [0.5, 0.6) is 11.5 Å². The molecule has 0 fully saturated rings.